The zero-order valence-corrected chi connectivity index (χ0v) is 11.6. The summed E-state index contributed by atoms with van der Waals surface area (Å²) in [5.41, 5.74) is 0.889. The highest BCUT2D eigenvalue weighted by Gasteiger charge is 2.12. The van der Waals surface area contributed by atoms with Crippen molar-refractivity contribution in [3.63, 3.8) is 0 Å². The summed E-state index contributed by atoms with van der Waals surface area (Å²) >= 11 is 0. The number of nitrogens with zero attached hydrogens (tertiary/aromatic N) is 2. The van der Waals surface area contributed by atoms with Crippen molar-refractivity contribution in [1.29, 1.82) is 0 Å². The molecule has 0 saturated carbocycles. The second kappa shape index (κ2) is 5.91. The highest BCUT2D eigenvalue weighted by molar-refractivity contribution is 5.96. The Morgan fingerprint density at radius 1 is 1.33 bits per heavy atom. The summed E-state index contributed by atoms with van der Waals surface area (Å²) < 4.78 is 0. The van der Waals surface area contributed by atoms with Crippen molar-refractivity contribution in [3.05, 3.63) is 42.2 Å². The first-order chi connectivity index (χ1) is 10.2. The van der Waals surface area contributed by atoms with Crippen LogP contribution in [0, 0.1) is 5.92 Å². The molecule has 1 aromatic heterocycles. The SMILES string of the molecule is O=C(O)c1ccc2c(NCC3CC=CCC3)ncnc2c1. The highest BCUT2D eigenvalue weighted by Crippen LogP contribution is 2.23. The topological polar surface area (TPSA) is 75.1 Å². The average Bonchev–Trinajstić information content (AvgIpc) is 2.53. The molecule has 1 heterocycles. The van der Waals surface area contributed by atoms with Gasteiger partial charge in [-0.2, -0.15) is 0 Å². The van der Waals surface area contributed by atoms with Crippen LogP contribution in [0.5, 0.6) is 0 Å². The van der Waals surface area contributed by atoms with Crippen molar-refractivity contribution in [2.24, 2.45) is 5.92 Å². The molecule has 1 unspecified atom stereocenters. The second-order valence-corrected chi connectivity index (χ2v) is 5.29. The van der Waals surface area contributed by atoms with Crippen molar-refractivity contribution in [2.45, 2.75) is 19.3 Å². The number of hydrogen-bond acceptors (Lipinski definition) is 4. The predicted molar refractivity (Wildman–Crippen MR) is 81.5 cm³/mol. The van der Waals surface area contributed by atoms with Crippen LogP contribution in [0.3, 0.4) is 0 Å². The molecule has 0 spiro atoms. The quantitative estimate of drug-likeness (QED) is 0.843. The smallest absolute Gasteiger partial charge is 0.335 e. The Hall–Kier alpha value is -2.43. The van der Waals surface area contributed by atoms with Gasteiger partial charge in [-0.15, -0.1) is 0 Å². The maximum absolute atomic E-state index is 11.0. The summed E-state index contributed by atoms with van der Waals surface area (Å²) in [6.07, 6.45) is 9.35. The van der Waals surface area contributed by atoms with E-state index in [1.54, 1.807) is 18.2 Å². The maximum atomic E-state index is 11.0. The van der Waals surface area contributed by atoms with E-state index in [4.69, 9.17) is 5.11 Å². The maximum Gasteiger partial charge on any atom is 0.335 e. The molecule has 21 heavy (non-hydrogen) atoms. The molecule has 1 aliphatic rings. The van der Waals surface area contributed by atoms with E-state index in [9.17, 15) is 4.79 Å². The molecule has 2 aromatic rings. The summed E-state index contributed by atoms with van der Waals surface area (Å²) in [6, 6.07) is 4.93. The number of anilines is 1. The van der Waals surface area contributed by atoms with Crippen LogP contribution in [0.1, 0.15) is 29.6 Å². The van der Waals surface area contributed by atoms with Crippen molar-refractivity contribution < 1.29 is 9.90 Å². The number of fused-ring (bicyclic) bond motifs is 1. The van der Waals surface area contributed by atoms with Gasteiger partial charge in [-0.3, -0.25) is 0 Å². The van der Waals surface area contributed by atoms with Gasteiger partial charge >= 0.3 is 5.97 Å². The Kier molecular flexibility index (Phi) is 3.81. The largest absolute Gasteiger partial charge is 0.478 e. The van der Waals surface area contributed by atoms with Crippen LogP contribution in [0.4, 0.5) is 5.82 Å². The number of carboxylic acids is 1. The second-order valence-electron chi connectivity index (χ2n) is 5.29. The van der Waals surface area contributed by atoms with E-state index < -0.39 is 5.97 Å². The van der Waals surface area contributed by atoms with E-state index in [2.05, 4.69) is 27.4 Å². The van der Waals surface area contributed by atoms with E-state index in [1.165, 1.54) is 12.7 Å². The van der Waals surface area contributed by atoms with Gasteiger partial charge in [0.15, 0.2) is 0 Å². The van der Waals surface area contributed by atoms with Crippen LogP contribution >= 0.6 is 0 Å². The van der Waals surface area contributed by atoms with Crippen molar-refractivity contribution in [3.8, 4) is 0 Å². The van der Waals surface area contributed by atoms with Gasteiger partial charge in [0.1, 0.15) is 12.1 Å². The minimum atomic E-state index is -0.945. The van der Waals surface area contributed by atoms with Gasteiger partial charge in [-0.05, 0) is 43.4 Å². The highest BCUT2D eigenvalue weighted by atomic mass is 16.4. The molecule has 0 fully saturated rings. The lowest BCUT2D eigenvalue weighted by molar-refractivity contribution is 0.0697. The Balaban J connectivity index is 1.81. The lowest BCUT2D eigenvalue weighted by Gasteiger charge is -2.18. The lowest BCUT2D eigenvalue weighted by Crippen LogP contribution is -2.16. The van der Waals surface area contributed by atoms with Crippen molar-refractivity contribution in [2.75, 3.05) is 11.9 Å². The minimum absolute atomic E-state index is 0.240. The standard InChI is InChI=1S/C16H17N3O2/c20-16(21)12-6-7-13-14(8-12)18-10-19-15(13)17-9-11-4-2-1-3-5-11/h1-2,6-8,10-11H,3-5,9H2,(H,20,21)(H,17,18,19). The minimum Gasteiger partial charge on any atom is -0.478 e. The first-order valence-electron chi connectivity index (χ1n) is 7.11. The van der Waals surface area contributed by atoms with Gasteiger partial charge in [-0.25, -0.2) is 14.8 Å². The molecular weight excluding hydrogens is 266 g/mol. The number of nitrogens with one attached hydrogen (secondary N) is 1. The molecule has 0 bridgehead atoms. The summed E-state index contributed by atoms with van der Waals surface area (Å²) in [7, 11) is 0. The molecule has 1 aromatic carbocycles. The fraction of sp³-hybridized carbons (Fsp3) is 0.312. The third kappa shape index (κ3) is 3.02. The number of benzene rings is 1. The van der Waals surface area contributed by atoms with Gasteiger partial charge in [-0.1, -0.05) is 12.2 Å². The number of carboxylic acid groups (broad SMARTS) is 1. The zero-order valence-electron chi connectivity index (χ0n) is 11.6. The third-order valence-electron chi connectivity index (χ3n) is 3.82. The van der Waals surface area contributed by atoms with Gasteiger partial charge in [0.05, 0.1) is 11.1 Å². The molecule has 1 aliphatic carbocycles. The normalized spacial score (nSPS) is 17.8. The molecule has 2 N–H and O–H groups in total. The van der Waals surface area contributed by atoms with E-state index in [0.717, 1.165) is 30.6 Å². The molecule has 0 saturated heterocycles. The number of aromatic carboxylic acids is 1. The van der Waals surface area contributed by atoms with E-state index in [-0.39, 0.29) is 5.56 Å². The predicted octanol–water partition coefficient (Wildman–Crippen LogP) is 3.10. The van der Waals surface area contributed by atoms with E-state index in [1.807, 2.05) is 0 Å². The molecule has 0 aliphatic heterocycles. The average molecular weight is 283 g/mol. The molecule has 1 atom stereocenters. The Bertz CT molecular complexity index is 697. The first kappa shape index (κ1) is 13.5. The van der Waals surface area contributed by atoms with Crippen LogP contribution in [-0.2, 0) is 0 Å². The Labute approximate surface area is 122 Å². The van der Waals surface area contributed by atoms with Gasteiger partial charge < -0.3 is 10.4 Å². The summed E-state index contributed by atoms with van der Waals surface area (Å²) in [4.78, 5) is 19.4. The van der Waals surface area contributed by atoms with E-state index in [0.29, 0.717) is 11.4 Å². The summed E-state index contributed by atoms with van der Waals surface area (Å²) in [5, 5.41) is 13.3. The molecular formula is C16H17N3O2. The number of carbonyl (C=O) groups is 1. The Morgan fingerprint density at radius 2 is 2.24 bits per heavy atom. The van der Waals surface area contributed by atoms with Crippen molar-refractivity contribution >= 4 is 22.7 Å². The Morgan fingerprint density at radius 3 is 3.00 bits per heavy atom. The summed E-state index contributed by atoms with van der Waals surface area (Å²) in [5.74, 6) is 0.448. The number of hydrogen-bond donors (Lipinski definition) is 2. The zero-order chi connectivity index (χ0) is 14.7. The lowest BCUT2D eigenvalue weighted by atomic mass is 9.94. The van der Waals surface area contributed by atoms with Gasteiger partial charge in [0.25, 0.3) is 0 Å². The summed E-state index contributed by atoms with van der Waals surface area (Å²) in [6.45, 7) is 0.872. The molecule has 0 amide bonds. The van der Waals surface area contributed by atoms with Crippen molar-refractivity contribution in [1.82, 2.24) is 9.97 Å². The van der Waals surface area contributed by atoms with Crippen LogP contribution in [0.2, 0.25) is 0 Å². The monoisotopic (exact) mass is 283 g/mol. The third-order valence-corrected chi connectivity index (χ3v) is 3.82. The number of allylic oxidation sites excluding steroid dienone is 2. The van der Waals surface area contributed by atoms with Crippen LogP contribution < -0.4 is 5.32 Å². The molecule has 0 radical (unpaired) electrons. The number of rotatable bonds is 4. The van der Waals surface area contributed by atoms with Crippen LogP contribution in [0.25, 0.3) is 10.9 Å². The van der Waals surface area contributed by atoms with Gasteiger partial charge in [0.2, 0.25) is 0 Å². The fourth-order valence-electron chi connectivity index (χ4n) is 2.61. The molecule has 3 rings (SSSR count). The molecule has 108 valence electrons. The number of aromatic nitrogens is 2. The first-order valence-corrected chi connectivity index (χ1v) is 7.11. The van der Waals surface area contributed by atoms with Gasteiger partial charge in [0, 0.05) is 11.9 Å². The molecule has 5 nitrogen and oxygen atoms in total. The molecule has 5 heteroatoms. The fourth-order valence-corrected chi connectivity index (χ4v) is 2.61. The van der Waals surface area contributed by atoms with Crippen LogP contribution in [-0.4, -0.2) is 27.6 Å². The van der Waals surface area contributed by atoms with Crippen LogP contribution in [0.15, 0.2) is 36.7 Å². The van der Waals surface area contributed by atoms with E-state index >= 15 is 0 Å².